The van der Waals surface area contributed by atoms with Crippen molar-refractivity contribution in [2.24, 2.45) is 0 Å². The zero-order chi connectivity index (χ0) is 9.26. The minimum absolute atomic E-state index is 0.156. The molecule has 0 spiro atoms. The van der Waals surface area contributed by atoms with E-state index >= 15 is 0 Å². The number of rotatable bonds is 0. The predicted octanol–water partition coefficient (Wildman–Crippen LogP) is 1.25. The molecule has 0 radical (unpaired) electrons. The molecule has 70 valence electrons. The Morgan fingerprint density at radius 2 is 2.15 bits per heavy atom. The van der Waals surface area contributed by atoms with E-state index in [1.165, 1.54) is 5.56 Å². The van der Waals surface area contributed by atoms with Gasteiger partial charge in [-0.25, -0.2) is 0 Å². The molecule has 2 heteroatoms. The third kappa shape index (κ3) is 1.60. The van der Waals surface area contributed by atoms with E-state index < -0.39 is 0 Å². The van der Waals surface area contributed by atoms with E-state index in [4.69, 9.17) is 0 Å². The second-order valence-corrected chi connectivity index (χ2v) is 3.64. The summed E-state index contributed by atoms with van der Waals surface area (Å²) in [5.74, 6) is 0. The summed E-state index contributed by atoms with van der Waals surface area (Å²) in [6.07, 6.45) is 0.649. The molecule has 0 bridgehead atoms. The van der Waals surface area contributed by atoms with Gasteiger partial charge >= 0.3 is 0 Å². The lowest BCUT2D eigenvalue weighted by Gasteiger charge is -2.17. The fraction of sp³-hybridized carbons (Fsp3) is 0.455. The molecule has 2 rings (SSSR count). The van der Waals surface area contributed by atoms with Crippen molar-refractivity contribution in [2.45, 2.75) is 25.5 Å². The Morgan fingerprint density at radius 1 is 1.38 bits per heavy atom. The van der Waals surface area contributed by atoms with Gasteiger partial charge in [0.15, 0.2) is 0 Å². The monoisotopic (exact) mass is 177 g/mol. The van der Waals surface area contributed by atoms with Crippen LogP contribution < -0.4 is 5.32 Å². The zero-order valence-electron chi connectivity index (χ0n) is 7.83. The highest BCUT2D eigenvalue weighted by atomic mass is 16.3. The molecule has 0 saturated heterocycles. The Bertz CT molecular complexity index is 298. The van der Waals surface area contributed by atoms with Gasteiger partial charge in [-0.3, -0.25) is 0 Å². The average Bonchev–Trinajstić information content (AvgIpc) is 2.29. The summed E-state index contributed by atoms with van der Waals surface area (Å²) in [6.45, 7) is 2.97. The maximum atomic E-state index is 9.95. The molecule has 2 nitrogen and oxygen atoms in total. The SMILES string of the molecule is CC1NCCc2ccccc2C1O. The Kier molecular flexibility index (Phi) is 2.34. The van der Waals surface area contributed by atoms with Crippen LogP contribution in [0.5, 0.6) is 0 Å². The van der Waals surface area contributed by atoms with Crippen molar-refractivity contribution in [1.82, 2.24) is 5.32 Å². The molecule has 0 aliphatic carbocycles. The Hall–Kier alpha value is -0.860. The van der Waals surface area contributed by atoms with Crippen LogP contribution in [0.3, 0.4) is 0 Å². The van der Waals surface area contributed by atoms with E-state index in [9.17, 15) is 5.11 Å². The second-order valence-electron chi connectivity index (χ2n) is 3.64. The lowest BCUT2D eigenvalue weighted by atomic mass is 9.98. The Morgan fingerprint density at radius 3 is 3.00 bits per heavy atom. The van der Waals surface area contributed by atoms with Gasteiger partial charge in [0.2, 0.25) is 0 Å². The first-order valence-corrected chi connectivity index (χ1v) is 4.78. The topological polar surface area (TPSA) is 32.3 Å². The van der Waals surface area contributed by atoms with Crippen molar-refractivity contribution in [3.05, 3.63) is 35.4 Å². The van der Waals surface area contributed by atoms with E-state index in [1.54, 1.807) is 0 Å². The van der Waals surface area contributed by atoms with Crippen LogP contribution in [0.25, 0.3) is 0 Å². The zero-order valence-corrected chi connectivity index (χ0v) is 7.83. The van der Waals surface area contributed by atoms with Gasteiger partial charge in [-0.15, -0.1) is 0 Å². The molecule has 0 fully saturated rings. The summed E-state index contributed by atoms with van der Waals surface area (Å²) >= 11 is 0. The molecule has 1 aliphatic heterocycles. The summed E-state index contributed by atoms with van der Waals surface area (Å²) in [5.41, 5.74) is 2.35. The smallest absolute Gasteiger partial charge is 0.0942 e. The molecule has 2 N–H and O–H groups in total. The Labute approximate surface area is 78.6 Å². The summed E-state index contributed by atoms with van der Waals surface area (Å²) in [5, 5.41) is 13.2. The number of fused-ring (bicyclic) bond motifs is 1. The van der Waals surface area contributed by atoms with Crippen LogP contribution in [0.4, 0.5) is 0 Å². The highest BCUT2D eigenvalue weighted by Gasteiger charge is 2.21. The van der Waals surface area contributed by atoms with E-state index in [0.29, 0.717) is 0 Å². The van der Waals surface area contributed by atoms with Crippen LogP contribution in [0.15, 0.2) is 24.3 Å². The van der Waals surface area contributed by atoms with Gasteiger partial charge in [-0.1, -0.05) is 24.3 Å². The van der Waals surface area contributed by atoms with E-state index in [-0.39, 0.29) is 12.1 Å². The van der Waals surface area contributed by atoms with Crippen molar-refractivity contribution in [3.8, 4) is 0 Å². The van der Waals surface area contributed by atoms with Crippen LogP contribution in [-0.4, -0.2) is 17.7 Å². The molecule has 0 saturated carbocycles. The standard InChI is InChI=1S/C11H15NO/c1-8-11(13)10-5-3-2-4-9(10)6-7-12-8/h2-5,8,11-13H,6-7H2,1H3. The number of aliphatic hydroxyl groups excluding tert-OH is 1. The lowest BCUT2D eigenvalue weighted by Crippen LogP contribution is -2.30. The summed E-state index contributed by atoms with van der Waals surface area (Å²) in [7, 11) is 0. The number of aliphatic hydroxyl groups is 1. The molecule has 0 aromatic heterocycles. The first-order valence-electron chi connectivity index (χ1n) is 4.78. The molecule has 1 heterocycles. The number of hydrogen-bond acceptors (Lipinski definition) is 2. The summed E-state index contributed by atoms with van der Waals surface area (Å²) in [6, 6.07) is 8.28. The highest BCUT2D eigenvalue weighted by molar-refractivity contribution is 5.31. The van der Waals surface area contributed by atoms with E-state index in [1.807, 2.05) is 25.1 Å². The molecule has 1 aromatic carbocycles. The lowest BCUT2D eigenvalue weighted by molar-refractivity contribution is 0.140. The molecular weight excluding hydrogens is 162 g/mol. The van der Waals surface area contributed by atoms with Crippen LogP contribution in [-0.2, 0) is 6.42 Å². The van der Waals surface area contributed by atoms with Gasteiger partial charge in [0.05, 0.1) is 6.10 Å². The minimum Gasteiger partial charge on any atom is -0.387 e. The average molecular weight is 177 g/mol. The normalized spacial score (nSPS) is 27.8. The molecule has 2 atom stereocenters. The number of nitrogens with one attached hydrogen (secondary N) is 1. The second kappa shape index (κ2) is 3.48. The maximum absolute atomic E-state index is 9.95. The van der Waals surface area contributed by atoms with Gasteiger partial charge in [-0.2, -0.15) is 0 Å². The molecule has 13 heavy (non-hydrogen) atoms. The fourth-order valence-electron chi connectivity index (χ4n) is 1.87. The van der Waals surface area contributed by atoms with Gasteiger partial charge in [0.1, 0.15) is 0 Å². The van der Waals surface area contributed by atoms with Crippen LogP contribution in [0.1, 0.15) is 24.2 Å². The molecule has 0 amide bonds. The van der Waals surface area contributed by atoms with Gasteiger partial charge in [0.25, 0.3) is 0 Å². The fourth-order valence-corrected chi connectivity index (χ4v) is 1.87. The first kappa shape index (κ1) is 8.73. The van der Waals surface area contributed by atoms with E-state index in [0.717, 1.165) is 18.5 Å². The van der Waals surface area contributed by atoms with Crippen LogP contribution in [0, 0.1) is 0 Å². The number of benzene rings is 1. The van der Waals surface area contributed by atoms with Gasteiger partial charge in [-0.05, 0) is 31.0 Å². The largest absolute Gasteiger partial charge is 0.387 e. The van der Waals surface area contributed by atoms with Gasteiger partial charge in [0, 0.05) is 6.04 Å². The third-order valence-corrected chi connectivity index (χ3v) is 2.71. The summed E-state index contributed by atoms with van der Waals surface area (Å²) < 4.78 is 0. The molecule has 1 aromatic rings. The van der Waals surface area contributed by atoms with Crippen molar-refractivity contribution in [2.75, 3.05) is 6.54 Å². The quantitative estimate of drug-likeness (QED) is 0.625. The molecule has 1 aliphatic rings. The Balaban J connectivity index is 2.40. The highest BCUT2D eigenvalue weighted by Crippen LogP contribution is 2.23. The molecule has 2 unspecified atom stereocenters. The summed E-state index contributed by atoms with van der Waals surface area (Å²) in [4.78, 5) is 0. The maximum Gasteiger partial charge on any atom is 0.0942 e. The first-order chi connectivity index (χ1) is 6.29. The van der Waals surface area contributed by atoms with Gasteiger partial charge < -0.3 is 10.4 Å². The van der Waals surface area contributed by atoms with Crippen molar-refractivity contribution in [3.63, 3.8) is 0 Å². The predicted molar refractivity (Wildman–Crippen MR) is 52.6 cm³/mol. The van der Waals surface area contributed by atoms with Crippen LogP contribution >= 0.6 is 0 Å². The van der Waals surface area contributed by atoms with Crippen molar-refractivity contribution in [1.29, 1.82) is 0 Å². The van der Waals surface area contributed by atoms with Crippen LogP contribution in [0.2, 0.25) is 0 Å². The minimum atomic E-state index is -0.362. The van der Waals surface area contributed by atoms with Crippen molar-refractivity contribution >= 4 is 0 Å². The molecular formula is C11H15NO. The third-order valence-electron chi connectivity index (χ3n) is 2.71. The number of hydrogen-bond donors (Lipinski definition) is 2. The van der Waals surface area contributed by atoms with E-state index in [2.05, 4.69) is 11.4 Å². The van der Waals surface area contributed by atoms with Crippen molar-refractivity contribution < 1.29 is 5.11 Å².